The molecule has 1 aliphatic rings. The minimum absolute atomic E-state index is 0.360. The maximum absolute atomic E-state index is 13.3. The molecule has 5 rings (SSSR count). The standard InChI is InChI=1S/C24H17Cl2N3O3/c25-16-7-8-19(26)20(13-16)27-24(30)18-14-29(17-4-2-1-3-5-17)28-23(18)15-6-9-21-22(12-15)32-11-10-31-21/h1-9,12-14H,10-11H2,(H,27,30). The van der Waals surface area contributed by atoms with Crippen molar-refractivity contribution in [3.63, 3.8) is 0 Å². The Morgan fingerprint density at radius 3 is 2.53 bits per heavy atom. The Balaban J connectivity index is 1.58. The number of hydrogen-bond donors (Lipinski definition) is 1. The van der Waals surface area contributed by atoms with Gasteiger partial charge in [-0.1, -0.05) is 41.4 Å². The number of nitrogens with one attached hydrogen (secondary N) is 1. The van der Waals surface area contributed by atoms with E-state index in [2.05, 4.69) is 5.32 Å². The van der Waals surface area contributed by atoms with Crippen LogP contribution in [-0.2, 0) is 0 Å². The van der Waals surface area contributed by atoms with E-state index in [0.717, 1.165) is 11.3 Å². The molecule has 1 aliphatic heterocycles. The number of ether oxygens (including phenoxy) is 2. The van der Waals surface area contributed by atoms with E-state index >= 15 is 0 Å². The van der Waals surface area contributed by atoms with Gasteiger partial charge in [0.25, 0.3) is 5.91 Å². The Hall–Kier alpha value is -3.48. The van der Waals surface area contributed by atoms with Crippen LogP contribution in [0, 0.1) is 0 Å². The molecule has 0 atom stereocenters. The number of halogens is 2. The second-order valence-corrected chi connectivity index (χ2v) is 7.95. The molecule has 1 amide bonds. The van der Waals surface area contributed by atoms with Crippen LogP contribution in [0.1, 0.15) is 10.4 Å². The molecule has 32 heavy (non-hydrogen) atoms. The van der Waals surface area contributed by atoms with Gasteiger partial charge in [-0.2, -0.15) is 5.10 Å². The highest BCUT2D eigenvalue weighted by atomic mass is 35.5. The molecule has 160 valence electrons. The average Bonchev–Trinajstić information content (AvgIpc) is 3.27. The fourth-order valence-corrected chi connectivity index (χ4v) is 3.78. The lowest BCUT2D eigenvalue weighted by Crippen LogP contribution is -2.15. The van der Waals surface area contributed by atoms with Gasteiger partial charge in [-0.3, -0.25) is 4.79 Å². The molecule has 2 heterocycles. The monoisotopic (exact) mass is 465 g/mol. The number of amides is 1. The van der Waals surface area contributed by atoms with E-state index in [4.69, 9.17) is 37.8 Å². The van der Waals surface area contributed by atoms with Crippen LogP contribution in [0.25, 0.3) is 16.9 Å². The van der Waals surface area contributed by atoms with Crippen molar-refractivity contribution in [2.75, 3.05) is 18.5 Å². The van der Waals surface area contributed by atoms with E-state index in [9.17, 15) is 4.79 Å². The zero-order valence-corrected chi connectivity index (χ0v) is 18.2. The van der Waals surface area contributed by atoms with E-state index < -0.39 is 0 Å². The van der Waals surface area contributed by atoms with Crippen LogP contribution < -0.4 is 14.8 Å². The van der Waals surface area contributed by atoms with Gasteiger partial charge in [-0.15, -0.1) is 0 Å². The van der Waals surface area contributed by atoms with Crippen molar-refractivity contribution in [1.29, 1.82) is 0 Å². The fourth-order valence-electron chi connectivity index (χ4n) is 3.44. The minimum atomic E-state index is -0.360. The van der Waals surface area contributed by atoms with E-state index in [1.54, 1.807) is 29.1 Å². The van der Waals surface area contributed by atoms with Crippen LogP contribution in [0.4, 0.5) is 5.69 Å². The van der Waals surface area contributed by atoms with Crippen molar-refractivity contribution < 1.29 is 14.3 Å². The number of hydrogen-bond acceptors (Lipinski definition) is 4. The second-order valence-electron chi connectivity index (χ2n) is 7.11. The summed E-state index contributed by atoms with van der Waals surface area (Å²) in [6.07, 6.45) is 1.69. The van der Waals surface area contributed by atoms with Gasteiger partial charge in [-0.25, -0.2) is 4.68 Å². The van der Waals surface area contributed by atoms with Crippen LogP contribution in [0.5, 0.6) is 11.5 Å². The highest BCUT2D eigenvalue weighted by Crippen LogP contribution is 2.36. The molecule has 0 unspecified atom stereocenters. The van der Waals surface area contributed by atoms with Gasteiger partial charge < -0.3 is 14.8 Å². The second kappa shape index (κ2) is 8.57. The molecule has 0 radical (unpaired) electrons. The predicted octanol–water partition coefficient (Wildman–Crippen LogP) is 5.87. The summed E-state index contributed by atoms with van der Waals surface area (Å²) in [6.45, 7) is 0.971. The number of carbonyl (C=O) groups excluding carboxylic acids is 1. The van der Waals surface area contributed by atoms with Gasteiger partial charge in [-0.05, 0) is 48.5 Å². The van der Waals surface area contributed by atoms with Crippen molar-refractivity contribution in [2.24, 2.45) is 0 Å². The Kier molecular flexibility index (Phi) is 5.47. The number of benzene rings is 3. The predicted molar refractivity (Wildman–Crippen MR) is 124 cm³/mol. The molecule has 0 saturated heterocycles. The molecule has 0 spiro atoms. The molecular formula is C24H17Cl2N3O3. The summed E-state index contributed by atoms with van der Waals surface area (Å²) >= 11 is 12.3. The average molecular weight is 466 g/mol. The zero-order chi connectivity index (χ0) is 22.1. The van der Waals surface area contributed by atoms with Crippen LogP contribution in [0.2, 0.25) is 10.0 Å². The van der Waals surface area contributed by atoms with Crippen LogP contribution in [0.3, 0.4) is 0 Å². The third-order valence-electron chi connectivity index (χ3n) is 4.97. The summed E-state index contributed by atoms with van der Waals surface area (Å²) in [4.78, 5) is 13.3. The van der Waals surface area contributed by atoms with Gasteiger partial charge in [0.2, 0.25) is 0 Å². The molecular weight excluding hydrogens is 449 g/mol. The normalized spacial score (nSPS) is 12.4. The maximum atomic E-state index is 13.3. The number of fused-ring (bicyclic) bond motifs is 1. The number of nitrogens with zero attached hydrogens (tertiary/aromatic N) is 2. The van der Waals surface area contributed by atoms with Crippen molar-refractivity contribution in [3.8, 4) is 28.4 Å². The van der Waals surface area contributed by atoms with Crippen molar-refractivity contribution in [3.05, 3.63) is 88.5 Å². The highest BCUT2D eigenvalue weighted by Gasteiger charge is 2.22. The van der Waals surface area contributed by atoms with E-state index in [-0.39, 0.29) is 5.91 Å². The van der Waals surface area contributed by atoms with Gasteiger partial charge in [0.1, 0.15) is 18.9 Å². The van der Waals surface area contributed by atoms with Crippen molar-refractivity contribution in [1.82, 2.24) is 9.78 Å². The lowest BCUT2D eigenvalue weighted by atomic mass is 10.1. The van der Waals surface area contributed by atoms with Crippen LogP contribution >= 0.6 is 23.2 Å². The molecule has 8 heteroatoms. The number of anilines is 1. The molecule has 1 N–H and O–H groups in total. The summed E-state index contributed by atoms with van der Waals surface area (Å²) in [5, 5.41) is 8.40. The zero-order valence-electron chi connectivity index (χ0n) is 16.7. The van der Waals surface area contributed by atoms with Gasteiger partial charge >= 0.3 is 0 Å². The highest BCUT2D eigenvalue weighted by molar-refractivity contribution is 6.36. The third-order valence-corrected chi connectivity index (χ3v) is 5.54. The Morgan fingerprint density at radius 1 is 0.938 bits per heavy atom. The molecule has 0 aliphatic carbocycles. The summed E-state index contributed by atoms with van der Waals surface area (Å²) in [5.41, 5.74) is 2.85. The Labute approximate surface area is 194 Å². The largest absolute Gasteiger partial charge is 0.486 e. The summed E-state index contributed by atoms with van der Waals surface area (Å²) in [6, 6.07) is 20.0. The molecule has 6 nitrogen and oxygen atoms in total. The minimum Gasteiger partial charge on any atom is -0.486 e. The summed E-state index contributed by atoms with van der Waals surface area (Å²) in [7, 11) is 0. The number of carbonyl (C=O) groups is 1. The van der Waals surface area contributed by atoms with Gasteiger partial charge in [0.05, 0.1) is 22.0 Å². The van der Waals surface area contributed by atoms with Gasteiger partial charge in [0.15, 0.2) is 11.5 Å². The van der Waals surface area contributed by atoms with E-state index in [1.165, 1.54) is 0 Å². The topological polar surface area (TPSA) is 65.4 Å². The number of rotatable bonds is 4. The van der Waals surface area contributed by atoms with Crippen LogP contribution in [-0.4, -0.2) is 28.9 Å². The maximum Gasteiger partial charge on any atom is 0.259 e. The number of aromatic nitrogens is 2. The molecule has 4 aromatic rings. The first kappa shape index (κ1) is 20.4. The lowest BCUT2D eigenvalue weighted by Gasteiger charge is -2.18. The van der Waals surface area contributed by atoms with Crippen molar-refractivity contribution in [2.45, 2.75) is 0 Å². The molecule has 0 bridgehead atoms. The molecule has 0 fully saturated rings. The molecule has 0 saturated carbocycles. The SMILES string of the molecule is O=C(Nc1cc(Cl)ccc1Cl)c1cn(-c2ccccc2)nc1-c1ccc2c(c1)OCCO2. The Morgan fingerprint density at radius 2 is 1.72 bits per heavy atom. The third kappa shape index (κ3) is 4.02. The summed E-state index contributed by atoms with van der Waals surface area (Å²) in [5.74, 6) is 0.924. The van der Waals surface area contributed by atoms with Gasteiger partial charge in [0, 0.05) is 16.8 Å². The number of para-hydroxylation sites is 1. The first-order chi connectivity index (χ1) is 15.6. The Bertz CT molecular complexity index is 1310. The summed E-state index contributed by atoms with van der Waals surface area (Å²) < 4.78 is 13.0. The quantitative estimate of drug-likeness (QED) is 0.409. The molecule has 1 aromatic heterocycles. The van der Waals surface area contributed by atoms with E-state index in [1.807, 2.05) is 48.5 Å². The van der Waals surface area contributed by atoms with Crippen LogP contribution in [0.15, 0.2) is 72.9 Å². The fraction of sp³-hybridized carbons (Fsp3) is 0.0833. The van der Waals surface area contributed by atoms with Crippen molar-refractivity contribution >= 4 is 34.8 Å². The molecule has 3 aromatic carbocycles. The van der Waals surface area contributed by atoms with E-state index in [0.29, 0.717) is 51.7 Å². The first-order valence-corrected chi connectivity index (χ1v) is 10.7. The smallest absolute Gasteiger partial charge is 0.259 e. The lowest BCUT2D eigenvalue weighted by molar-refractivity contribution is 0.102. The first-order valence-electron chi connectivity index (χ1n) is 9.90.